The number of nitrogens with zero attached hydrogens (tertiary/aromatic N) is 5. The zero-order valence-corrected chi connectivity index (χ0v) is 31.8. The summed E-state index contributed by atoms with van der Waals surface area (Å²) in [5.74, 6) is 2.17. The minimum Gasteiger partial charge on any atom is -0.512 e. The maximum atomic E-state index is 10.4. The Balaban J connectivity index is 0.00000227. The van der Waals surface area contributed by atoms with Crippen LogP contribution in [0, 0.1) is 0 Å². The molecule has 0 aromatic heterocycles. The van der Waals surface area contributed by atoms with Gasteiger partial charge < -0.3 is 40.5 Å². The number of ether oxygens (including phenoxy) is 1. The van der Waals surface area contributed by atoms with Gasteiger partial charge in [-0.2, -0.15) is 0 Å². The smallest absolute Gasteiger partial charge is 0.207 e. The highest BCUT2D eigenvalue weighted by atomic mass is 16.5. The number of methoxy groups -OCH3 is 1. The van der Waals surface area contributed by atoms with Crippen LogP contribution < -0.4 is 21.3 Å². The van der Waals surface area contributed by atoms with Crippen LogP contribution in [0.4, 0.5) is 0 Å². The maximum Gasteiger partial charge on any atom is 0.207 e. The van der Waals surface area contributed by atoms with Gasteiger partial charge in [-0.1, -0.05) is 26.5 Å². The number of allylic oxidation sites excluding steroid dienone is 5. The van der Waals surface area contributed by atoms with Crippen LogP contribution >= 0.6 is 0 Å². The highest BCUT2D eigenvalue weighted by Gasteiger charge is 2.21. The minimum atomic E-state index is -0.183. The molecule has 2 heterocycles. The summed E-state index contributed by atoms with van der Waals surface area (Å²) in [6.07, 6.45) is 12.3. The number of aliphatic hydroxyl groups excluding tert-OH is 1. The molecule has 1 unspecified atom stereocenters. The molecule has 0 spiro atoms. The van der Waals surface area contributed by atoms with E-state index in [0.717, 1.165) is 83.0 Å². The Hall–Kier alpha value is -3.94. The molecule has 13 nitrogen and oxygen atoms in total. The number of hydrogen-bond donors (Lipinski definition) is 5. The van der Waals surface area contributed by atoms with Crippen molar-refractivity contribution in [3.8, 4) is 0 Å². The second kappa shape index (κ2) is 26.0. The number of aliphatic hydroxyl groups is 1. The summed E-state index contributed by atoms with van der Waals surface area (Å²) >= 11 is 0. The standard InChI is InChI=1S/C29H48N8O3.C5H11NO.C2H6/c1-7-26(23(2)20-25(40-6)21-24(3)39)28(30-4)34-27-10-13-33-29(35(27)5)32-12-9-15-37-18-16-36(17-19-37)14-8-11-31-22-38;1-5(2,3)6-4-7;1-2/h7,10,13,20-22,29,32,39H,2,8-9,11-12,14-19H2,1,3-6H3,(H,30,34)(H,31,38);4H,1-3H3,(H,6,7);1-2H3/b24-21+,25-20+,26-7-;;. The van der Waals surface area contributed by atoms with Gasteiger partial charge in [-0.25, -0.2) is 0 Å². The molecule has 0 saturated carbocycles. The Morgan fingerprint density at radius 3 is 2.12 bits per heavy atom. The number of nitrogens with one attached hydrogen (secondary N) is 4. The molecule has 0 aliphatic carbocycles. The molecule has 0 radical (unpaired) electrons. The Morgan fingerprint density at radius 2 is 1.67 bits per heavy atom. The Kier molecular flexibility index (Phi) is 23.9. The molecule has 13 heteroatoms. The molecule has 2 rings (SSSR count). The molecular formula is C36H65N9O4. The van der Waals surface area contributed by atoms with E-state index in [1.54, 1.807) is 33.4 Å². The Bertz CT molecular complexity index is 1160. The first kappa shape index (κ1) is 45.1. The van der Waals surface area contributed by atoms with Crippen molar-refractivity contribution in [3.05, 3.63) is 59.4 Å². The fourth-order valence-corrected chi connectivity index (χ4v) is 4.73. The Labute approximate surface area is 296 Å². The quantitative estimate of drug-likeness (QED) is 0.0387. The fraction of sp³-hybridized carbons (Fsp3) is 0.611. The van der Waals surface area contributed by atoms with E-state index >= 15 is 0 Å². The molecule has 2 aliphatic heterocycles. The van der Waals surface area contributed by atoms with E-state index in [1.165, 1.54) is 6.08 Å². The van der Waals surface area contributed by atoms with Gasteiger partial charge in [-0.3, -0.25) is 24.9 Å². The van der Waals surface area contributed by atoms with Crippen molar-refractivity contribution in [1.82, 2.24) is 36.0 Å². The van der Waals surface area contributed by atoms with Gasteiger partial charge in [-0.05, 0) is 78.3 Å². The third-order valence-corrected chi connectivity index (χ3v) is 7.28. The molecule has 1 saturated heterocycles. The van der Waals surface area contributed by atoms with Gasteiger partial charge in [-0.15, -0.1) is 0 Å². The van der Waals surface area contributed by atoms with Crippen LogP contribution in [0.1, 0.15) is 61.3 Å². The lowest BCUT2D eigenvalue weighted by molar-refractivity contribution is -0.111. The first-order valence-corrected chi connectivity index (χ1v) is 17.1. The number of piperazine rings is 1. The molecule has 1 atom stereocenters. The summed E-state index contributed by atoms with van der Waals surface area (Å²) < 4.78 is 5.35. The predicted molar refractivity (Wildman–Crippen MR) is 203 cm³/mol. The van der Waals surface area contributed by atoms with Crippen LogP contribution in [0.5, 0.6) is 0 Å². The van der Waals surface area contributed by atoms with Crippen LogP contribution in [-0.4, -0.2) is 130 Å². The summed E-state index contributed by atoms with van der Waals surface area (Å²) in [4.78, 5) is 36.2. The zero-order valence-electron chi connectivity index (χ0n) is 31.8. The molecule has 2 aliphatic rings. The molecule has 278 valence electrons. The summed E-state index contributed by atoms with van der Waals surface area (Å²) in [6, 6.07) is 0. The maximum absolute atomic E-state index is 10.4. The highest BCUT2D eigenvalue weighted by Crippen LogP contribution is 2.17. The van der Waals surface area contributed by atoms with Crippen molar-refractivity contribution in [2.45, 2.75) is 73.1 Å². The lowest BCUT2D eigenvalue weighted by atomic mass is 10.0. The summed E-state index contributed by atoms with van der Waals surface area (Å²) in [5, 5.41) is 21.9. The molecule has 5 N–H and O–H groups in total. The van der Waals surface area contributed by atoms with Crippen LogP contribution in [0.15, 0.2) is 69.4 Å². The van der Waals surface area contributed by atoms with Crippen molar-refractivity contribution in [3.63, 3.8) is 0 Å². The predicted octanol–water partition coefficient (Wildman–Crippen LogP) is 3.53. The molecule has 2 amide bonds. The fourth-order valence-electron chi connectivity index (χ4n) is 4.73. The summed E-state index contributed by atoms with van der Waals surface area (Å²) in [6.45, 7) is 25.5. The molecule has 1 fully saturated rings. The van der Waals surface area contributed by atoms with Gasteiger partial charge >= 0.3 is 0 Å². The van der Waals surface area contributed by atoms with Crippen LogP contribution in [0.2, 0.25) is 0 Å². The van der Waals surface area contributed by atoms with E-state index in [2.05, 4.69) is 47.6 Å². The second-order valence-electron chi connectivity index (χ2n) is 12.2. The molecular weight excluding hydrogens is 622 g/mol. The highest BCUT2D eigenvalue weighted by molar-refractivity contribution is 6.03. The van der Waals surface area contributed by atoms with E-state index in [9.17, 15) is 14.7 Å². The average Bonchev–Trinajstić information content (AvgIpc) is 3.07. The van der Waals surface area contributed by atoms with E-state index < -0.39 is 0 Å². The van der Waals surface area contributed by atoms with Crippen LogP contribution in [-0.2, 0) is 14.3 Å². The third-order valence-electron chi connectivity index (χ3n) is 7.28. The van der Waals surface area contributed by atoms with Gasteiger partial charge in [0.25, 0.3) is 0 Å². The zero-order chi connectivity index (χ0) is 37.2. The van der Waals surface area contributed by atoms with Gasteiger partial charge in [0.15, 0.2) is 6.29 Å². The third kappa shape index (κ3) is 19.6. The van der Waals surface area contributed by atoms with Gasteiger partial charge in [0.05, 0.1) is 12.9 Å². The van der Waals surface area contributed by atoms with E-state index in [0.29, 0.717) is 23.6 Å². The lowest BCUT2D eigenvalue weighted by Gasteiger charge is -2.35. The summed E-state index contributed by atoms with van der Waals surface area (Å²) in [5.41, 5.74) is 1.45. The number of amides is 2. The number of hydrogen-bond acceptors (Lipinski definition) is 10. The number of rotatable bonds is 17. The first-order valence-electron chi connectivity index (χ1n) is 17.1. The summed E-state index contributed by atoms with van der Waals surface area (Å²) in [7, 11) is 5.27. The average molecular weight is 688 g/mol. The van der Waals surface area contributed by atoms with E-state index in [-0.39, 0.29) is 17.6 Å². The molecule has 49 heavy (non-hydrogen) atoms. The normalized spacial score (nSPS) is 17.9. The molecule has 0 aromatic rings. The topological polar surface area (TPSA) is 146 Å². The van der Waals surface area contributed by atoms with Crippen molar-refractivity contribution < 1.29 is 19.4 Å². The van der Waals surface area contributed by atoms with Crippen molar-refractivity contribution in [1.29, 1.82) is 0 Å². The minimum absolute atomic E-state index is 0.0677. The lowest BCUT2D eigenvalue weighted by Crippen LogP contribution is -2.49. The van der Waals surface area contributed by atoms with Crippen LogP contribution in [0.25, 0.3) is 0 Å². The van der Waals surface area contributed by atoms with Crippen molar-refractivity contribution in [2.24, 2.45) is 9.98 Å². The van der Waals surface area contributed by atoms with Gasteiger partial charge in [0.2, 0.25) is 12.8 Å². The number of amidine groups is 1. The second-order valence-corrected chi connectivity index (χ2v) is 12.2. The largest absolute Gasteiger partial charge is 0.512 e. The van der Waals surface area contributed by atoms with Crippen LogP contribution in [0.3, 0.4) is 0 Å². The van der Waals surface area contributed by atoms with Gasteiger partial charge in [0, 0.05) is 76.8 Å². The molecule has 0 bridgehead atoms. The van der Waals surface area contributed by atoms with E-state index in [1.807, 2.05) is 65.6 Å². The van der Waals surface area contributed by atoms with Crippen molar-refractivity contribution in [2.75, 3.05) is 73.6 Å². The van der Waals surface area contributed by atoms with Gasteiger partial charge in [0.1, 0.15) is 17.4 Å². The number of aliphatic imine (C=N–C) groups is 2. The van der Waals surface area contributed by atoms with Crippen molar-refractivity contribution >= 4 is 24.9 Å². The SMILES string of the molecule is C=C(/C=C(\C=C(/C)O)OC)/C(=C/C)C(=NC)NC1=CC=NC(NCCCN2CCN(CCCNC=O)CC2)N1C.CC.CC(C)(C)NC=O. The number of carbonyl (C=O) groups excluding carboxylic acids is 2. The molecule has 0 aromatic carbocycles. The Morgan fingerprint density at radius 1 is 1.08 bits per heavy atom. The van der Waals surface area contributed by atoms with E-state index in [4.69, 9.17) is 4.74 Å². The first-order chi connectivity index (χ1) is 23.4. The number of carbonyl (C=O) groups is 2. The monoisotopic (exact) mass is 688 g/mol.